The second-order valence-corrected chi connectivity index (χ2v) is 6.20. The molecular weight excluding hydrogens is 266 g/mol. The highest BCUT2D eigenvalue weighted by Crippen LogP contribution is 2.30. The smallest absolute Gasteiger partial charge is 0.0409 e. The third-order valence-electron chi connectivity index (χ3n) is 4.18. The van der Waals surface area contributed by atoms with Crippen LogP contribution in [-0.4, -0.2) is 6.54 Å². The van der Waals surface area contributed by atoms with Crippen molar-refractivity contribution >= 4 is 11.6 Å². The van der Waals surface area contributed by atoms with E-state index in [1.54, 1.807) is 0 Å². The first-order chi connectivity index (χ1) is 9.62. The minimum absolute atomic E-state index is 0.431. The van der Waals surface area contributed by atoms with E-state index < -0.39 is 0 Å². The molecule has 114 valence electrons. The van der Waals surface area contributed by atoms with Gasteiger partial charge in [-0.2, -0.15) is 0 Å². The minimum atomic E-state index is 0.431. The fourth-order valence-corrected chi connectivity index (χ4v) is 3.05. The van der Waals surface area contributed by atoms with Crippen molar-refractivity contribution < 1.29 is 0 Å². The van der Waals surface area contributed by atoms with E-state index in [0.717, 1.165) is 17.5 Å². The third-order valence-corrected chi connectivity index (χ3v) is 4.41. The molecule has 0 aliphatic heterocycles. The van der Waals surface area contributed by atoms with Crippen molar-refractivity contribution in [3.63, 3.8) is 0 Å². The molecule has 2 unspecified atom stereocenters. The molecule has 2 heteroatoms. The zero-order valence-electron chi connectivity index (χ0n) is 13.5. The average molecular weight is 296 g/mol. The number of rotatable bonds is 9. The molecule has 0 radical (unpaired) electrons. The van der Waals surface area contributed by atoms with Crippen LogP contribution in [0, 0.1) is 12.8 Å². The summed E-state index contributed by atoms with van der Waals surface area (Å²) in [5, 5.41) is 4.49. The van der Waals surface area contributed by atoms with E-state index in [2.05, 4.69) is 45.1 Å². The summed E-state index contributed by atoms with van der Waals surface area (Å²) in [6.45, 7) is 9.95. The second-order valence-electron chi connectivity index (χ2n) is 5.76. The summed E-state index contributed by atoms with van der Waals surface area (Å²) in [6, 6.07) is 6.68. The molecule has 1 N–H and O–H groups in total. The van der Waals surface area contributed by atoms with E-state index >= 15 is 0 Å². The Kier molecular flexibility index (Phi) is 8.25. The highest BCUT2D eigenvalue weighted by molar-refractivity contribution is 6.30. The first-order valence-corrected chi connectivity index (χ1v) is 8.49. The lowest BCUT2D eigenvalue weighted by Gasteiger charge is -2.25. The van der Waals surface area contributed by atoms with Crippen LogP contribution in [-0.2, 0) is 0 Å². The van der Waals surface area contributed by atoms with E-state index in [0.29, 0.717) is 6.04 Å². The van der Waals surface area contributed by atoms with Gasteiger partial charge in [0.2, 0.25) is 0 Å². The van der Waals surface area contributed by atoms with Gasteiger partial charge in [0.1, 0.15) is 0 Å². The Bertz CT molecular complexity index is 389. The summed E-state index contributed by atoms with van der Waals surface area (Å²) in [5.41, 5.74) is 2.71. The maximum atomic E-state index is 6.19. The molecule has 0 saturated heterocycles. The third kappa shape index (κ3) is 5.46. The monoisotopic (exact) mass is 295 g/mol. The van der Waals surface area contributed by atoms with Crippen LogP contribution in [0.2, 0.25) is 5.02 Å². The van der Waals surface area contributed by atoms with E-state index in [1.807, 2.05) is 6.07 Å². The number of unbranched alkanes of at least 4 members (excludes halogenated alkanes) is 1. The Hall–Kier alpha value is -0.530. The predicted molar refractivity (Wildman–Crippen MR) is 90.5 cm³/mol. The van der Waals surface area contributed by atoms with E-state index in [9.17, 15) is 0 Å². The number of halogens is 1. The number of hydrogen-bond acceptors (Lipinski definition) is 1. The molecule has 20 heavy (non-hydrogen) atoms. The van der Waals surface area contributed by atoms with Gasteiger partial charge in [0.05, 0.1) is 0 Å². The highest BCUT2D eigenvalue weighted by atomic mass is 35.5. The van der Waals surface area contributed by atoms with Crippen molar-refractivity contribution in [2.75, 3.05) is 6.54 Å². The largest absolute Gasteiger partial charge is 0.310 e. The van der Waals surface area contributed by atoms with Crippen LogP contribution in [0.5, 0.6) is 0 Å². The van der Waals surface area contributed by atoms with Gasteiger partial charge < -0.3 is 5.32 Å². The maximum absolute atomic E-state index is 6.19. The Balaban J connectivity index is 2.84. The quantitative estimate of drug-likeness (QED) is 0.597. The van der Waals surface area contributed by atoms with Gasteiger partial charge in [0, 0.05) is 11.1 Å². The summed E-state index contributed by atoms with van der Waals surface area (Å²) < 4.78 is 0. The lowest BCUT2D eigenvalue weighted by atomic mass is 9.88. The zero-order chi connectivity index (χ0) is 15.0. The molecule has 0 heterocycles. The van der Waals surface area contributed by atoms with Crippen LogP contribution in [0.4, 0.5) is 0 Å². The zero-order valence-corrected chi connectivity index (χ0v) is 14.3. The predicted octanol–water partition coefficient (Wildman–Crippen LogP) is 5.91. The van der Waals surface area contributed by atoms with Crippen LogP contribution in [0.15, 0.2) is 18.2 Å². The summed E-state index contributed by atoms with van der Waals surface area (Å²) in [6.07, 6.45) is 6.45. The van der Waals surface area contributed by atoms with Crippen molar-refractivity contribution in [1.82, 2.24) is 5.32 Å². The van der Waals surface area contributed by atoms with Gasteiger partial charge in [0.25, 0.3) is 0 Å². The number of hydrogen-bond donors (Lipinski definition) is 1. The van der Waals surface area contributed by atoms with Gasteiger partial charge in [0.15, 0.2) is 0 Å². The summed E-state index contributed by atoms with van der Waals surface area (Å²) >= 11 is 6.19. The minimum Gasteiger partial charge on any atom is -0.310 e. The van der Waals surface area contributed by atoms with Gasteiger partial charge in [-0.1, -0.05) is 64.1 Å². The molecule has 1 aromatic rings. The lowest BCUT2D eigenvalue weighted by Crippen LogP contribution is -2.24. The molecular formula is C18H30ClN. The number of aryl methyl sites for hydroxylation is 1. The fourth-order valence-electron chi connectivity index (χ4n) is 2.87. The normalized spacial score (nSPS) is 14.2. The molecule has 1 nitrogen and oxygen atoms in total. The van der Waals surface area contributed by atoms with E-state index in [-0.39, 0.29) is 0 Å². The van der Waals surface area contributed by atoms with Crippen LogP contribution in [0.25, 0.3) is 0 Å². The molecule has 1 aromatic carbocycles. The molecule has 0 aliphatic carbocycles. The molecule has 0 aromatic heterocycles. The Morgan fingerprint density at radius 3 is 2.55 bits per heavy atom. The Labute approximate surface area is 130 Å². The van der Waals surface area contributed by atoms with Crippen LogP contribution >= 0.6 is 11.6 Å². The van der Waals surface area contributed by atoms with Crippen molar-refractivity contribution in [2.24, 2.45) is 5.92 Å². The van der Waals surface area contributed by atoms with Gasteiger partial charge in [-0.25, -0.2) is 0 Å². The summed E-state index contributed by atoms with van der Waals surface area (Å²) in [4.78, 5) is 0. The summed E-state index contributed by atoms with van der Waals surface area (Å²) in [5.74, 6) is 0.803. The molecule has 2 atom stereocenters. The van der Waals surface area contributed by atoms with Gasteiger partial charge in [-0.3, -0.25) is 0 Å². The van der Waals surface area contributed by atoms with Crippen molar-refractivity contribution in [3.05, 3.63) is 34.3 Å². The van der Waals surface area contributed by atoms with Crippen molar-refractivity contribution in [3.8, 4) is 0 Å². The Morgan fingerprint density at radius 2 is 1.95 bits per heavy atom. The van der Waals surface area contributed by atoms with Gasteiger partial charge >= 0.3 is 0 Å². The lowest BCUT2D eigenvalue weighted by molar-refractivity contribution is 0.356. The molecule has 0 saturated carbocycles. The molecule has 0 bridgehead atoms. The van der Waals surface area contributed by atoms with Crippen LogP contribution < -0.4 is 5.32 Å². The SMILES string of the molecule is CCCCC(CC)CC(NCC)c1cc(Cl)ccc1C. The summed E-state index contributed by atoms with van der Waals surface area (Å²) in [7, 11) is 0. The molecule has 1 rings (SSSR count). The highest BCUT2D eigenvalue weighted by Gasteiger charge is 2.18. The van der Waals surface area contributed by atoms with Gasteiger partial charge in [-0.05, 0) is 49.1 Å². The van der Waals surface area contributed by atoms with E-state index in [1.165, 1.54) is 43.2 Å². The molecule has 0 aliphatic rings. The second kappa shape index (κ2) is 9.41. The number of nitrogens with one attached hydrogen (secondary N) is 1. The Morgan fingerprint density at radius 1 is 1.20 bits per heavy atom. The standard InChI is InChI=1S/C18H30ClN/c1-5-8-9-15(6-2)12-18(20-7-3)17-13-16(19)11-10-14(17)4/h10-11,13,15,18,20H,5-9,12H2,1-4H3. The number of benzene rings is 1. The van der Waals surface area contributed by atoms with Crippen LogP contribution in [0.1, 0.15) is 70.0 Å². The van der Waals surface area contributed by atoms with Crippen LogP contribution in [0.3, 0.4) is 0 Å². The topological polar surface area (TPSA) is 12.0 Å². The first kappa shape index (κ1) is 17.5. The molecule has 0 spiro atoms. The maximum Gasteiger partial charge on any atom is 0.0409 e. The van der Waals surface area contributed by atoms with Gasteiger partial charge in [-0.15, -0.1) is 0 Å². The van der Waals surface area contributed by atoms with E-state index in [4.69, 9.17) is 11.6 Å². The van der Waals surface area contributed by atoms with Crippen molar-refractivity contribution in [1.29, 1.82) is 0 Å². The molecule has 0 fully saturated rings. The molecule has 0 amide bonds. The van der Waals surface area contributed by atoms with Crippen molar-refractivity contribution in [2.45, 2.75) is 65.8 Å². The first-order valence-electron chi connectivity index (χ1n) is 8.11. The average Bonchev–Trinajstić information content (AvgIpc) is 2.45. The fraction of sp³-hybridized carbons (Fsp3) is 0.667.